The van der Waals surface area contributed by atoms with E-state index in [2.05, 4.69) is 31.4 Å². The van der Waals surface area contributed by atoms with Crippen LogP contribution in [0, 0.1) is 25.2 Å². The normalized spacial score (nSPS) is 11.4. The van der Waals surface area contributed by atoms with Gasteiger partial charge >= 0.3 is 0 Å². The Morgan fingerprint density at radius 3 is 2.08 bits per heavy atom. The van der Waals surface area contributed by atoms with E-state index >= 15 is 0 Å². The van der Waals surface area contributed by atoms with Gasteiger partial charge in [-0.15, -0.1) is 0 Å². The molecule has 0 spiro atoms. The lowest BCUT2D eigenvalue weighted by Gasteiger charge is -2.25. The van der Waals surface area contributed by atoms with Crippen LogP contribution in [0.3, 0.4) is 0 Å². The van der Waals surface area contributed by atoms with Crippen LogP contribution in [0.1, 0.15) is 37.7 Å². The molecule has 13 heavy (non-hydrogen) atoms. The number of rotatable bonds is 0. The van der Waals surface area contributed by atoms with Crippen LogP contribution in [-0.2, 0) is 5.54 Å². The fraction of sp³-hybridized carbons (Fsp3) is 0.545. The van der Waals surface area contributed by atoms with E-state index in [0.29, 0.717) is 0 Å². The number of aryl methyl sites for hydroxylation is 1. The minimum Gasteiger partial charge on any atom is -0.343 e. The molecule has 70 valence electrons. The Bertz CT molecular complexity index is 359. The van der Waals surface area contributed by atoms with Gasteiger partial charge in [-0.25, -0.2) is 0 Å². The van der Waals surface area contributed by atoms with E-state index in [1.807, 2.05) is 19.9 Å². The molecule has 0 aliphatic carbocycles. The van der Waals surface area contributed by atoms with Crippen LogP contribution in [0.5, 0.6) is 0 Å². The Hall–Kier alpha value is -1.23. The van der Waals surface area contributed by atoms with Gasteiger partial charge in [-0.1, -0.05) is 0 Å². The van der Waals surface area contributed by atoms with Gasteiger partial charge in [0.1, 0.15) is 6.07 Å². The van der Waals surface area contributed by atoms with E-state index in [4.69, 9.17) is 5.26 Å². The Labute approximate surface area is 79.8 Å². The lowest BCUT2D eigenvalue weighted by atomic mass is 10.1. The quantitative estimate of drug-likeness (QED) is 0.597. The van der Waals surface area contributed by atoms with Gasteiger partial charge < -0.3 is 4.57 Å². The molecule has 0 aliphatic rings. The average molecular weight is 176 g/mol. The summed E-state index contributed by atoms with van der Waals surface area (Å²) in [6.07, 6.45) is 0. The number of nitrogens with zero attached hydrogens (tertiary/aromatic N) is 2. The molecule has 0 atom stereocenters. The predicted molar refractivity (Wildman–Crippen MR) is 53.6 cm³/mol. The van der Waals surface area contributed by atoms with Crippen molar-refractivity contribution in [1.82, 2.24) is 4.57 Å². The first-order valence-electron chi connectivity index (χ1n) is 4.47. The molecule has 0 fully saturated rings. The summed E-state index contributed by atoms with van der Waals surface area (Å²) in [4.78, 5) is 0. The van der Waals surface area contributed by atoms with Crippen molar-refractivity contribution in [3.8, 4) is 6.07 Å². The first-order valence-corrected chi connectivity index (χ1v) is 4.47. The van der Waals surface area contributed by atoms with Crippen LogP contribution in [0.2, 0.25) is 0 Å². The largest absolute Gasteiger partial charge is 0.343 e. The van der Waals surface area contributed by atoms with E-state index < -0.39 is 0 Å². The summed E-state index contributed by atoms with van der Waals surface area (Å²) >= 11 is 0. The van der Waals surface area contributed by atoms with Crippen LogP contribution in [0.4, 0.5) is 0 Å². The highest BCUT2D eigenvalue weighted by atomic mass is 15.1. The van der Waals surface area contributed by atoms with Crippen LogP contribution in [0.15, 0.2) is 6.07 Å². The van der Waals surface area contributed by atoms with Gasteiger partial charge in [0.05, 0.1) is 5.56 Å². The second kappa shape index (κ2) is 2.92. The molecule has 0 N–H and O–H groups in total. The van der Waals surface area contributed by atoms with Crippen molar-refractivity contribution >= 4 is 0 Å². The van der Waals surface area contributed by atoms with Gasteiger partial charge in [0.25, 0.3) is 0 Å². The molecule has 0 saturated carbocycles. The Morgan fingerprint density at radius 1 is 1.31 bits per heavy atom. The number of hydrogen-bond donors (Lipinski definition) is 0. The zero-order valence-corrected chi connectivity index (χ0v) is 8.97. The predicted octanol–water partition coefficient (Wildman–Crippen LogP) is 2.73. The van der Waals surface area contributed by atoms with E-state index in [9.17, 15) is 0 Å². The molecule has 1 aromatic heterocycles. The van der Waals surface area contributed by atoms with Gasteiger partial charge in [0.15, 0.2) is 0 Å². The fourth-order valence-corrected chi connectivity index (χ4v) is 1.91. The van der Waals surface area contributed by atoms with Gasteiger partial charge in [-0.2, -0.15) is 5.26 Å². The molecule has 1 heterocycles. The second-order valence-corrected chi connectivity index (χ2v) is 4.40. The smallest absolute Gasteiger partial charge is 0.101 e. The monoisotopic (exact) mass is 176 g/mol. The van der Waals surface area contributed by atoms with E-state index in [1.165, 1.54) is 0 Å². The molecule has 1 rings (SSSR count). The highest BCUT2D eigenvalue weighted by Gasteiger charge is 2.19. The summed E-state index contributed by atoms with van der Waals surface area (Å²) in [6.45, 7) is 10.5. The molecule has 2 heteroatoms. The second-order valence-electron chi connectivity index (χ2n) is 4.40. The van der Waals surface area contributed by atoms with Crippen molar-refractivity contribution in [3.63, 3.8) is 0 Å². The van der Waals surface area contributed by atoms with Crippen LogP contribution in [-0.4, -0.2) is 4.57 Å². The molecule has 0 bridgehead atoms. The van der Waals surface area contributed by atoms with Crippen LogP contribution in [0.25, 0.3) is 0 Å². The summed E-state index contributed by atoms with van der Waals surface area (Å²) in [5.74, 6) is 0. The summed E-state index contributed by atoms with van der Waals surface area (Å²) in [6, 6.07) is 4.15. The lowest BCUT2D eigenvalue weighted by Crippen LogP contribution is -2.24. The zero-order chi connectivity index (χ0) is 10.2. The van der Waals surface area contributed by atoms with Crippen molar-refractivity contribution in [3.05, 3.63) is 23.0 Å². The Balaban J connectivity index is 3.40. The third-order valence-electron chi connectivity index (χ3n) is 2.22. The highest BCUT2D eigenvalue weighted by molar-refractivity contribution is 5.37. The van der Waals surface area contributed by atoms with Gasteiger partial charge in [0, 0.05) is 16.9 Å². The van der Waals surface area contributed by atoms with Crippen molar-refractivity contribution in [2.45, 2.75) is 40.2 Å². The third kappa shape index (κ3) is 1.60. The summed E-state index contributed by atoms with van der Waals surface area (Å²) in [5.41, 5.74) is 3.06. The molecule has 0 saturated heterocycles. The molecule has 0 amide bonds. The van der Waals surface area contributed by atoms with E-state index in [1.54, 1.807) is 0 Å². The molecule has 0 aliphatic heterocycles. The highest BCUT2D eigenvalue weighted by Crippen LogP contribution is 2.23. The molecule has 0 unspecified atom stereocenters. The molecule has 2 nitrogen and oxygen atoms in total. The molecule has 0 radical (unpaired) electrons. The van der Waals surface area contributed by atoms with Crippen molar-refractivity contribution in [1.29, 1.82) is 5.26 Å². The van der Waals surface area contributed by atoms with E-state index in [-0.39, 0.29) is 5.54 Å². The topological polar surface area (TPSA) is 28.7 Å². The summed E-state index contributed by atoms with van der Waals surface area (Å²) < 4.78 is 2.20. The minimum atomic E-state index is 0.0588. The van der Waals surface area contributed by atoms with Gasteiger partial charge in [0.2, 0.25) is 0 Å². The van der Waals surface area contributed by atoms with Crippen molar-refractivity contribution < 1.29 is 0 Å². The lowest BCUT2D eigenvalue weighted by molar-refractivity contribution is 0.383. The third-order valence-corrected chi connectivity index (χ3v) is 2.22. The van der Waals surface area contributed by atoms with Crippen LogP contribution < -0.4 is 0 Å². The maximum atomic E-state index is 8.86. The summed E-state index contributed by atoms with van der Waals surface area (Å²) in [5, 5.41) is 8.86. The van der Waals surface area contributed by atoms with Crippen molar-refractivity contribution in [2.24, 2.45) is 0 Å². The van der Waals surface area contributed by atoms with Gasteiger partial charge in [-0.3, -0.25) is 0 Å². The van der Waals surface area contributed by atoms with Crippen LogP contribution >= 0.6 is 0 Å². The Kier molecular flexibility index (Phi) is 2.21. The Morgan fingerprint density at radius 2 is 1.85 bits per heavy atom. The number of nitriles is 1. The number of aromatic nitrogens is 1. The molecule has 1 aromatic rings. The fourth-order valence-electron chi connectivity index (χ4n) is 1.91. The maximum Gasteiger partial charge on any atom is 0.101 e. The average Bonchev–Trinajstić information content (AvgIpc) is 2.24. The standard InChI is InChI=1S/C11H16N2/c1-8-6-10(7-12)9(2)13(8)11(3,4)5/h6H,1-5H3. The first-order chi connectivity index (χ1) is 5.88. The molecular formula is C11H16N2. The molecule has 0 aromatic carbocycles. The number of hydrogen-bond acceptors (Lipinski definition) is 1. The minimum absolute atomic E-state index is 0.0588. The maximum absolute atomic E-state index is 8.86. The first kappa shape index (κ1) is 9.85. The van der Waals surface area contributed by atoms with Crippen molar-refractivity contribution in [2.75, 3.05) is 0 Å². The van der Waals surface area contributed by atoms with E-state index in [0.717, 1.165) is 17.0 Å². The van der Waals surface area contributed by atoms with Gasteiger partial charge in [-0.05, 0) is 40.7 Å². The zero-order valence-electron chi connectivity index (χ0n) is 8.97. The SMILES string of the molecule is Cc1cc(C#N)c(C)n1C(C)(C)C. The molecular weight excluding hydrogens is 160 g/mol. The summed E-state index contributed by atoms with van der Waals surface area (Å²) in [7, 11) is 0.